The van der Waals surface area contributed by atoms with Crippen molar-refractivity contribution in [2.75, 3.05) is 12.3 Å². The molecule has 0 saturated heterocycles. The Kier molecular flexibility index (Phi) is 4.72. The standard InChI is InChI=1S/C22H19FN6O2/c23-17-2-3-18-14(8-17)11-21(22(24)27-18)31-13-16-10-19-15(12-26-29(19)6-7-30)9-20(16)28-5-1-4-25-28/h1-5,8-12,30H,6-7,13H2,(H2,24,27). The summed E-state index contributed by atoms with van der Waals surface area (Å²) in [5.41, 5.74) is 9.21. The van der Waals surface area contributed by atoms with Crippen LogP contribution < -0.4 is 10.5 Å². The molecule has 0 atom stereocenters. The van der Waals surface area contributed by atoms with Crippen molar-refractivity contribution < 1.29 is 14.2 Å². The number of aromatic nitrogens is 5. The number of anilines is 1. The summed E-state index contributed by atoms with van der Waals surface area (Å²) in [4.78, 5) is 4.31. The molecule has 0 unspecified atom stereocenters. The number of ether oxygens (including phenoxy) is 1. The highest BCUT2D eigenvalue weighted by Gasteiger charge is 2.14. The molecule has 31 heavy (non-hydrogen) atoms. The van der Waals surface area contributed by atoms with Gasteiger partial charge in [-0.05, 0) is 42.5 Å². The summed E-state index contributed by atoms with van der Waals surface area (Å²) in [5.74, 6) is 0.244. The Hall–Kier alpha value is -3.98. The topological polar surface area (TPSA) is 104 Å². The summed E-state index contributed by atoms with van der Waals surface area (Å²) >= 11 is 0. The van der Waals surface area contributed by atoms with Gasteiger partial charge >= 0.3 is 0 Å². The number of fused-ring (bicyclic) bond motifs is 2. The van der Waals surface area contributed by atoms with E-state index in [1.165, 1.54) is 12.1 Å². The highest BCUT2D eigenvalue weighted by atomic mass is 19.1. The summed E-state index contributed by atoms with van der Waals surface area (Å²) in [7, 11) is 0. The Morgan fingerprint density at radius 1 is 1.10 bits per heavy atom. The summed E-state index contributed by atoms with van der Waals surface area (Å²) in [6.07, 6.45) is 5.30. The fourth-order valence-electron chi connectivity index (χ4n) is 3.58. The van der Waals surface area contributed by atoms with Gasteiger partial charge in [0.2, 0.25) is 0 Å². The summed E-state index contributed by atoms with van der Waals surface area (Å²) < 4.78 is 23.1. The van der Waals surface area contributed by atoms with Gasteiger partial charge in [0, 0.05) is 28.7 Å². The number of halogens is 1. The van der Waals surface area contributed by atoms with Crippen LogP contribution in [0, 0.1) is 5.82 Å². The number of nitrogen functional groups attached to an aromatic ring is 1. The normalized spacial score (nSPS) is 11.4. The van der Waals surface area contributed by atoms with Crippen LogP contribution in [0.3, 0.4) is 0 Å². The van der Waals surface area contributed by atoms with Crippen molar-refractivity contribution in [3.63, 3.8) is 0 Å². The molecule has 0 radical (unpaired) electrons. The van der Waals surface area contributed by atoms with Crippen LogP contribution in [0.15, 0.2) is 61.1 Å². The summed E-state index contributed by atoms with van der Waals surface area (Å²) in [6.45, 7) is 0.555. The lowest BCUT2D eigenvalue weighted by Crippen LogP contribution is -2.07. The van der Waals surface area contributed by atoms with E-state index in [0.29, 0.717) is 23.2 Å². The molecular formula is C22H19FN6O2. The molecule has 5 rings (SSSR count). The fourth-order valence-corrected chi connectivity index (χ4v) is 3.58. The van der Waals surface area contributed by atoms with Crippen molar-refractivity contribution >= 4 is 27.6 Å². The lowest BCUT2D eigenvalue weighted by atomic mass is 10.1. The van der Waals surface area contributed by atoms with Gasteiger partial charge in [-0.3, -0.25) is 4.68 Å². The first-order chi connectivity index (χ1) is 15.1. The van der Waals surface area contributed by atoms with Crippen LogP contribution in [0.4, 0.5) is 10.2 Å². The van der Waals surface area contributed by atoms with Gasteiger partial charge in [-0.2, -0.15) is 10.2 Å². The molecule has 3 N–H and O–H groups in total. The first-order valence-electron chi connectivity index (χ1n) is 9.70. The molecule has 3 heterocycles. The van der Waals surface area contributed by atoms with E-state index in [2.05, 4.69) is 15.2 Å². The molecule has 9 heteroatoms. The number of hydrogen-bond acceptors (Lipinski definition) is 6. The van der Waals surface area contributed by atoms with Gasteiger partial charge in [-0.25, -0.2) is 14.1 Å². The Morgan fingerprint density at radius 3 is 2.81 bits per heavy atom. The lowest BCUT2D eigenvalue weighted by Gasteiger charge is -2.14. The second kappa shape index (κ2) is 7.69. The minimum absolute atomic E-state index is 0.0145. The zero-order valence-corrected chi connectivity index (χ0v) is 16.4. The number of aliphatic hydroxyl groups excluding tert-OH is 1. The number of pyridine rings is 1. The van der Waals surface area contributed by atoms with Crippen molar-refractivity contribution in [2.45, 2.75) is 13.2 Å². The molecule has 5 aromatic rings. The Labute approximate surface area is 176 Å². The Morgan fingerprint density at radius 2 is 2.00 bits per heavy atom. The molecule has 0 aliphatic heterocycles. The predicted molar refractivity (Wildman–Crippen MR) is 114 cm³/mol. The van der Waals surface area contributed by atoms with Gasteiger partial charge in [-0.1, -0.05) is 0 Å². The largest absolute Gasteiger partial charge is 0.485 e. The molecule has 0 saturated carbocycles. The Balaban J connectivity index is 1.54. The molecule has 0 bridgehead atoms. The molecular weight excluding hydrogens is 399 g/mol. The second-order valence-electron chi connectivity index (χ2n) is 7.08. The van der Waals surface area contributed by atoms with Crippen molar-refractivity contribution in [2.24, 2.45) is 0 Å². The van der Waals surface area contributed by atoms with E-state index in [-0.39, 0.29) is 24.8 Å². The van der Waals surface area contributed by atoms with E-state index in [1.54, 1.807) is 33.9 Å². The second-order valence-corrected chi connectivity index (χ2v) is 7.08. The third kappa shape index (κ3) is 3.55. The highest BCUT2D eigenvalue weighted by molar-refractivity contribution is 5.83. The summed E-state index contributed by atoms with van der Waals surface area (Å²) in [6, 6.07) is 11.8. The van der Waals surface area contributed by atoms with Crippen LogP contribution in [-0.4, -0.2) is 36.3 Å². The average Bonchev–Trinajstić information content (AvgIpc) is 3.42. The van der Waals surface area contributed by atoms with Gasteiger partial charge in [0.15, 0.2) is 11.6 Å². The monoisotopic (exact) mass is 418 g/mol. The van der Waals surface area contributed by atoms with Gasteiger partial charge in [-0.15, -0.1) is 0 Å². The zero-order chi connectivity index (χ0) is 21.4. The van der Waals surface area contributed by atoms with Crippen LogP contribution in [-0.2, 0) is 13.2 Å². The van der Waals surface area contributed by atoms with Crippen molar-refractivity contribution in [3.8, 4) is 11.4 Å². The number of nitrogens with zero attached hydrogens (tertiary/aromatic N) is 5. The van der Waals surface area contributed by atoms with Crippen LogP contribution in [0.5, 0.6) is 5.75 Å². The minimum Gasteiger partial charge on any atom is -0.485 e. The Bertz CT molecular complexity index is 1380. The van der Waals surface area contributed by atoms with E-state index in [1.807, 2.05) is 24.4 Å². The van der Waals surface area contributed by atoms with Crippen molar-refractivity contribution in [3.05, 3.63) is 72.4 Å². The maximum Gasteiger partial charge on any atom is 0.166 e. The molecule has 3 aromatic heterocycles. The van der Waals surface area contributed by atoms with Crippen LogP contribution in [0.1, 0.15) is 5.56 Å². The first-order valence-corrected chi connectivity index (χ1v) is 9.70. The number of nitrogens with two attached hydrogens (primary N) is 1. The van der Waals surface area contributed by atoms with E-state index < -0.39 is 0 Å². The van der Waals surface area contributed by atoms with Gasteiger partial charge in [0.1, 0.15) is 12.4 Å². The third-order valence-electron chi connectivity index (χ3n) is 5.06. The molecule has 0 aliphatic rings. The number of benzene rings is 2. The molecule has 0 fully saturated rings. The first kappa shape index (κ1) is 19.0. The van der Waals surface area contributed by atoms with Crippen molar-refractivity contribution in [1.29, 1.82) is 0 Å². The average molecular weight is 418 g/mol. The molecule has 2 aromatic carbocycles. The zero-order valence-electron chi connectivity index (χ0n) is 16.4. The van der Waals surface area contributed by atoms with Gasteiger partial charge in [0.25, 0.3) is 0 Å². The van der Waals surface area contributed by atoms with E-state index in [0.717, 1.165) is 22.2 Å². The van der Waals surface area contributed by atoms with Gasteiger partial charge in [0.05, 0.1) is 36.1 Å². The SMILES string of the molecule is Nc1nc2ccc(F)cc2cc1OCc1cc2c(cnn2CCO)cc1-n1cccn1. The van der Waals surface area contributed by atoms with Crippen LogP contribution in [0.25, 0.3) is 27.5 Å². The van der Waals surface area contributed by atoms with E-state index in [4.69, 9.17) is 10.5 Å². The smallest absolute Gasteiger partial charge is 0.166 e. The lowest BCUT2D eigenvalue weighted by molar-refractivity contribution is 0.271. The molecule has 156 valence electrons. The van der Waals surface area contributed by atoms with Gasteiger partial charge < -0.3 is 15.6 Å². The fraction of sp³-hybridized carbons (Fsp3) is 0.136. The number of hydrogen-bond donors (Lipinski definition) is 2. The molecule has 8 nitrogen and oxygen atoms in total. The number of aliphatic hydroxyl groups is 1. The molecule has 0 spiro atoms. The summed E-state index contributed by atoms with van der Waals surface area (Å²) in [5, 5.41) is 19.5. The maximum atomic E-state index is 13.6. The highest BCUT2D eigenvalue weighted by Crippen LogP contribution is 2.28. The quantitative estimate of drug-likeness (QED) is 0.439. The van der Waals surface area contributed by atoms with Crippen LogP contribution in [0.2, 0.25) is 0 Å². The third-order valence-corrected chi connectivity index (χ3v) is 5.06. The van der Waals surface area contributed by atoms with Crippen LogP contribution >= 0.6 is 0 Å². The minimum atomic E-state index is -0.353. The van der Waals surface area contributed by atoms with E-state index in [9.17, 15) is 9.50 Å². The molecule has 0 aliphatic carbocycles. The predicted octanol–water partition coefficient (Wildman–Crippen LogP) is 3.06. The molecule has 0 amide bonds. The van der Waals surface area contributed by atoms with E-state index >= 15 is 0 Å². The number of rotatable bonds is 6. The maximum absolute atomic E-state index is 13.6. The van der Waals surface area contributed by atoms with Crippen molar-refractivity contribution in [1.82, 2.24) is 24.5 Å².